The molecular weight excluding hydrogens is 381 g/mol. The average Bonchev–Trinajstić information content (AvgIpc) is 3.05. The minimum absolute atomic E-state index is 0.0741. The predicted molar refractivity (Wildman–Crippen MR) is 96.5 cm³/mol. The fourth-order valence-electron chi connectivity index (χ4n) is 2.30. The Labute approximate surface area is 155 Å². The van der Waals surface area contributed by atoms with Crippen LogP contribution >= 0.6 is 11.6 Å². The van der Waals surface area contributed by atoms with Crippen molar-refractivity contribution in [2.75, 3.05) is 11.8 Å². The highest BCUT2D eigenvalue weighted by Gasteiger charge is 2.16. The molecule has 0 bridgehead atoms. The molecule has 3 rings (SSSR count). The van der Waals surface area contributed by atoms with Gasteiger partial charge in [-0.3, -0.25) is 9.40 Å². The lowest BCUT2D eigenvalue weighted by atomic mass is 10.2. The van der Waals surface area contributed by atoms with Crippen LogP contribution in [-0.4, -0.2) is 25.3 Å². The number of ether oxygens (including phenoxy) is 1. The van der Waals surface area contributed by atoms with Crippen molar-refractivity contribution in [1.82, 2.24) is 9.78 Å². The highest BCUT2D eigenvalue weighted by atomic mass is 35.5. The first-order valence-electron chi connectivity index (χ1n) is 7.52. The first-order chi connectivity index (χ1) is 12.4. The van der Waals surface area contributed by atoms with Crippen molar-refractivity contribution in [3.05, 3.63) is 71.1 Å². The molecule has 0 aliphatic carbocycles. The monoisotopic (exact) mass is 395 g/mol. The predicted octanol–water partition coefficient (Wildman–Crippen LogP) is 3.53. The van der Waals surface area contributed by atoms with E-state index in [1.54, 1.807) is 18.2 Å². The Hall–Kier alpha value is -2.58. The van der Waals surface area contributed by atoms with Crippen LogP contribution in [0.5, 0.6) is 5.75 Å². The summed E-state index contributed by atoms with van der Waals surface area (Å²) in [6.45, 7) is 0.0791. The van der Waals surface area contributed by atoms with E-state index in [4.69, 9.17) is 16.3 Å². The normalized spacial score (nSPS) is 11.3. The van der Waals surface area contributed by atoms with Crippen LogP contribution in [0.1, 0.15) is 5.56 Å². The summed E-state index contributed by atoms with van der Waals surface area (Å²) in [6, 6.07) is 11.8. The van der Waals surface area contributed by atoms with Gasteiger partial charge in [0.2, 0.25) is 0 Å². The van der Waals surface area contributed by atoms with Crippen molar-refractivity contribution >= 4 is 27.4 Å². The highest BCUT2D eigenvalue weighted by Crippen LogP contribution is 2.21. The van der Waals surface area contributed by atoms with Crippen LogP contribution in [0.3, 0.4) is 0 Å². The lowest BCUT2D eigenvalue weighted by Gasteiger charge is -2.07. The highest BCUT2D eigenvalue weighted by molar-refractivity contribution is 7.92. The summed E-state index contributed by atoms with van der Waals surface area (Å²) < 4.78 is 47.4. The van der Waals surface area contributed by atoms with Gasteiger partial charge in [0.05, 0.1) is 18.6 Å². The minimum Gasteiger partial charge on any atom is -0.497 e. The van der Waals surface area contributed by atoms with Crippen LogP contribution in [0.15, 0.2) is 59.6 Å². The fourth-order valence-corrected chi connectivity index (χ4v) is 3.52. The first kappa shape index (κ1) is 18.2. The second-order valence-electron chi connectivity index (χ2n) is 5.38. The Morgan fingerprint density at radius 3 is 2.58 bits per heavy atom. The van der Waals surface area contributed by atoms with Gasteiger partial charge < -0.3 is 4.74 Å². The van der Waals surface area contributed by atoms with Crippen molar-refractivity contribution in [2.24, 2.45) is 0 Å². The molecular formula is C17H15ClFN3O3S. The Kier molecular flexibility index (Phi) is 5.15. The molecule has 3 aromatic rings. The van der Waals surface area contributed by atoms with Gasteiger partial charge in [-0.25, -0.2) is 12.8 Å². The Morgan fingerprint density at radius 2 is 1.92 bits per heavy atom. The summed E-state index contributed by atoms with van der Waals surface area (Å²) in [6.07, 6.45) is 1.54. The molecule has 9 heteroatoms. The molecule has 2 aromatic carbocycles. The number of aromatic nitrogens is 2. The number of benzene rings is 2. The molecule has 26 heavy (non-hydrogen) atoms. The zero-order valence-corrected chi connectivity index (χ0v) is 15.3. The molecule has 0 amide bonds. The molecule has 0 fully saturated rings. The third-order valence-corrected chi connectivity index (χ3v) is 5.36. The van der Waals surface area contributed by atoms with Gasteiger partial charge in [-0.1, -0.05) is 17.7 Å². The zero-order chi connectivity index (χ0) is 18.7. The van der Waals surface area contributed by atoms with Crippen LogP contribution in [0.4, 0.5) is 10.2 Å². The van der Waals surface area contributed by atoms with E-state index in [1.807, 2.05) is 0 Å². The third kappa shape index (κ3) is 3.97. The number of anilines is 1. The van der Waals surface area contributed by atoms with Gasteiger partial charge in [0.1, 0.15) is 11.6 Å². The van der Waals surface area contributed by atoms with Crippen LogP contribution in [-0.2, 0) is 16.6 Å². The number of halogens is 2. The molecule has 0 radical (unpaired) electrons. The van der Waals surface area contributed by atoms with E-state index in [0.717, 1.165) is 0 Å². The maximum Gasteiger partial charge on any atom is 0.263 e. The van der Waals surface area contributed by atoms with Gasteiger partial charge in [-0.05, 0) is 36.4 Å². The number of sulfonamides is 1. The van der Waals surface area contributed by atoms with Crippen molar-refractivity contribution in [3.8, 4) is 5.75 Å². The van der Waals surface area contributed by atoms with Gasteiger partial charge in [0, 0.05) is 22.8 Å². The van der Waals surface area contributed by atoms with Crippen LogP contribution < -0.4 is 9.46 Å². The van der Waals surface area contributed by atoms with Gasteiger partial charge in [0.15, 0.2) is 5.82 Å². The number of hydrogen-bond acceptors (Lipinski definition) is 4. The molecule has 1 N–H and O–H groups in total. The molecule has 136 valence electrons. The number of methoxy groups -OCH3 is 1. The maximum absolute atomic E-state index is 13.8. The number of rotatable bonds is 6. The average molecular weight is 396 g/mol. The second kappa shape index (κ2) is 7.35. The molecule has 6 nitrogen and oxygen atoms in total. The largest absolute Gasteiger partial charge is 0.497 e. The fraction of sp³-hybridized carbons (Fsp3) is 0.118. The SMILES string of the molecule is COc1ccc(S(=O)(=O)Nc2ccn(Cc3c(F)cccc3Cl)n2)cc1. The number of hydrogen-bond donors (Lipinski definition) is 1. The van der Waals surface area contributed by atoms with Crippen molar-refractivity contribution in [2.45, 2.75) is 11.4 Å². The van der Waals surface area contributed by atoms with E-state index in [0.29, 0.717) is 5.75 Å². The summed E-state index contributed by atoms with van der Waals surface area (Å²) in [5.74, 6) is 0.219. The smallest absolute Gasteiger partial charge is 0.263 e. The number of nitrogens with one attached hydrogen (secondary N) is 1. The van der Waals surface area contributed by atoms with E-state index < -0.39 is 15.8 Å². The van der Waals surface area contributed by atoms with E-state index >= 15 is 0 Å². The minimum atomic E-state index is -3.80. The quantitative estimate of drug-likeness (QED) is 0.693. The van der Waals surface area contributed by atoms with Crippen molar-refractivity contribution < 1.29 is 17.5 Å². The van der Waals surface area contributed by atoms with Crippen molar-refractivity contribution in [3.63, 3.8) is 0 Å². The molecule has 0 unspecified atom stereocenters. The summed E-state index contributed by atoms with van der Waals surface area (Å²) in [5, 5.41) is 4.39. The first-order valence-corrected chi connectivity index (χ1v) is 9.38. The molecule has 1 aromatic heterocycles. The van der Waals surface area contributed by atoms with Crippen molar-refractivity contribution in [1.29, 1.82) is 0 Å². The molecule has 0 spiro atoms. The summed E-state index contributed by atoms with van der Waals surface area (Å²) in [5.41, 5.74) is 0.279. The lowest BCUT2D eigenvalue weighted by Crippen LogP contribution is -2.14. The van der Waals surface area contributed by atoms with Gasteiger partial charge in [-0.15, -0.1) is 0 Å². The summed E-state index contributed by atoms with van der Waals surface area (Å²) >= 11 is 5.99. The molecule has 1 heterocycles. The maximum atomic E-state index is 13.8. The third-order valence-electron chi connectivity index (χ3n) is 3.63. The molecule has 0 aliphatic rings. The van der Waals surface area contributed by atoms with E-state index in [1.165, 1.54) is 48.3 Å². The summed E-state index contributed by atoms with van der Waals surface area (Å²) in [4.78, 5) is 0.0741. The molecule has 0 atom stereocenters. The standard InChI is InChI=1S/C17H15ClFN3O3S/c1-25-12-5-7-13(8-6-12)26(23,24)21-17-9-10-22(20-17)11-14-15(18)3-2-4-16(14)19/h2-10H,11H2,1H3,(H,20,21). The lowest BCUT2D eigenvalue weighted by molar-refractivity contribution is 0.414. The van der Waals surface area contributed by atoms with Gasteiger partial charge >= 0.3 is 0 Å². The molecule has 0 saturated carbocycles. The van der Waals surface area contributed by atoms with Crippen LogP contribution in [0, 0.1) is 5.82 Å². The van der Waals surface area contributed by atoms with Gasteiger partial charge in [0.25, 0.3) is 10.0 Å². The Bertz CT molecular complexity index is 1000. The second-order valence-corrected chi connectivity index (χ2v) is 7.47. The van der Waals surface area contributed by atoms with E-state index in [-0.39, 0.29) is 27.8 Å². The molecule has 0 aliphatic heterocycles. The molecule has 0 saturated heterocycles. The van der Waals surface area contributed by atoms with Crippen LogP contribution in [0.2, 0.25) is 5.02 Å². The van der Waals surface area contributed by atoms with Gasteiger partial charge in [-0.2, -0.15) is 5.10 Å². The van der Waals surface area contributed by atoms with Crippen LogP contribution in [0.25, 0.3) is 0 Å². The number of nitrogens with zero attached hydrogens (tertiary/aromatic N) is 2. The van der Waals surface area contributed by atoms with E-state index in [2.05, 4.69) is 9.82 Å². The van der Waals surface area contributed by atoms with E-state index in [9.17, 15) is 12.8 Å². The topological polar surface area (TPSA) is 73.2 Å². The Morgan fingerprint density at radius 1 is 1.19 bits per heavy atom. The zero-order valence-electron chi connectivity index (χ0n) is 13.7. The summed E-state index contributed by atoms with van der Waals surface area (Å²) in [7, 11) is -2.30. The Balaban J connectivity index is 1.77.